The highest BCUT2D eigenvalue weighted by Gasteiger charge is 2.29. The van der Waals surface area contributed by atoms with E-state index < -0.39 is 11.9 Å². The van der Waals surface area contributed by atoms with Crippen LogP contribution in [0.25, 0.3) is 10.9 Å². The van der Waals surface area contributed by atoms with Crippen LogP contribution < -0.4 is 10.6 Å². The topological polar surface area (TPSA) is 112 Å². The van der Waals surface area contributed by atoms with Crippen LogP contribution >= 0.6 is 23.2 Å². The van der Waals surface area contributed by atoms with Gasteiger partial charge in [0, 0.05) is 46.5 Å². The van der Waals surface area contributed by atoms with Gasteiger partial charge < -0.3 is 10.6 Å². The number of rotatable bonds is 8. The lowest BCUT2D eigenvalue weighted by atomic mass is 9.98. The highest BCUT2D eigenvalue weighted by molar-refractivity contribution is 6.32. The number of pyridine rings is 1. The van der Waals surface area contributed by atoms with E-state index in [4.69, 9.17) is 23.2 Å². The van der Waals surface area contributed by atoms with Gasteiger partial charge in [0.25, 0.3) is 0 Å². The number of fused-ring (bicyclic) bond motifs is 1. The number of halogens is 3. The van der Waals surface area contributed by atoms with Crippen molar-refractivity contribution in [2.24, 2.45) is 0 Å². The summed E-state index contributed by atoms with van der Waals surface area (Å²) in [6.07, 6.45) is 5.35. The highest BCUT2D eigenvalue weighted by Crippen LogP contribution is 2.38. The Balaban J connectivity index is 1.41. The Kier molecular flexibility index (Phi) is 9.39. The lowest BCUT2D eigenvalue weighted by Crippen LogP contribution is -2.46. The summed E-state index contributed by atoms with van der Waals surface area (Å²) in [5, 5.41) is 26.9. The number of anilines is 3. The second-order valence-corrected chi connectivity index (χ2v) is 13.9. The minimum absolute atomic E-state index is 0.0549. The van der Waals surface area contributed by atoms with Crippen molar-refractivity contribution in [3.63, 3.8) is 0 Å². The van der Waals surface area contributed by atoms with Crippen molar-refractivity contribution in [2.45, 2.75) is 58.2 Å². The van der Waals surface area contributed by atoms with Crippen molar-refractivity contribution in [3.8, 4) is 6.07 Å². The van der Waals surface area contributed by atoms with Gasteiger partial charge in [0.1, 0.15) is 17.6 Å². The molecule has 3 aromatic carbocycles. The van der Waals surface area contributed by atoms with Crippen molar-refractivity contribution in [1.82, 2.24) is 24.9 Å². The Labute approximate surface area is 288 Å². The summed E-state index contributed by atoms with van der Waals surface area (Å²) in [4.78, 5) is 19.5. The predicted molar refractivity (Wildman–Crippen MR) is 188 cm³/mol. The Hall–Kier alpha value is -4.56. The Bertz CT molecular complexity index is 2040. The van der Waals surface area contributed by atoms with E-state index in [1.807, 2.05) is 29.1 Å². The van der Waals surface area contributed by atoms with E-state index in [0.29, 0.717) is 44.2 Å². The van der Waals surface area contributed by atoms with Crippen molar-refractivity contribution < 1.29 is 9.18 Å². The normalized spacial score (nSPS) is 14.9. The molecule has 48 heavy (non-hydrogen) atoms. The molecule has 0 spiro atoms. The number of aromatic nitrogens is 4. The molecule has 2 N–H and O–H groups in total. The molecule has 1 aliphatic rings. The molecule has 6 rings (SSSR count). The fourth-order valence-electron chi connectivity index (χ4n) is 6.14. The Morgan fingerprint density at radius 3 is 2.56 bits per heavy atom. The average molecular weight is 686 g/mol. The zero-order valence-electron chi connectivity index (χ0n) is 27.1. The fraction of sp³-hybridized carbons (Fsp3) is 0.306. The van der Waals surface area contributed by atoms with Crippen LogP contribution in [0.1, 0.15) is 79.8 Å². The van der Waals surface area contributed by atoms with E-state index in [1.54, 1.807) is 18.2 Å². The van der Waals surface area contributed by atoms with Crippen LogP contribution in [0.5, 0.6) is 0 Å². The average Bonchev–Trinajstić information content (AvgIpc) is 3.55. The summed E-state index contributed by atoms with van der Waals surface area (Å²) in [5.74, 6) is -0.607. The molecule has 0 bridgehead atoms. The third-order valence-electron chi connectivity index (χ3n) is 8.78. The SMILES string of the molecule is CC(=O)c1cccc([C@H](Nc2cc(Cl)cc3c(Nc4ccc(F)c(Cl)c4)c(C#N)cnc23)c2cn(C3CCN(C(C)(C)C)CC3)nn2)c1. The van der Waals surface area contributed by atoms with Gasteiger partial charge in [-0.15, -0.1) is 5.10 Å². The minimum Gasteiger partial charge on any atom is -0.371 e. The van der Waals surface area contributed by atoms with Gasteiger partial charge in [0.2, 0.25) is 0 Å². The third-order valence-corrected chi connectivity index (χ3v) is 9.29. The van der Waals surface area contributed by atoms with Crippen LogP contribution in [0.4, 0.5) is 21.5 Å². The first-order valence-corrected chi connectivity index (χ1v) is 16.5. The molecular weight excluding hydrogens is 650 g/mol. The second-order valence-electron chi connectivity index (χ2n) is 13.0. The molecule has 1 saturated heterocycles. The number of nitrogens with zero attached hydrogens (tertiary/aromatic N) is 6. The molecule has 2 aromatic heterocycles. The van der Waals surface area contributed by atoms with Gasteiger partial charge in [-0.3, -0.25) is 14.7 Å². The number of benzene rings is 3. The van der Waals surface area contributed by atoms with Crippen molar-refractivity contribution >= 4 is 57.0 Å². The van der Waals surface area contributed by atoms with E-state index in [1.165, 1.54) is 31.3 Å². The first-order chi connectivity index (χ1) is 22.9. The Morgan fingerprint density at radius 1 is 1.10 bits per heavy atom. The quantitative estimate of drug-likeness (QED) is 0.156. The second kappa shape index (κ2) is 13.5. The molecule has 12 heteroatoms. The van der Waals surface area contributed by atoms with Crippen molar-refractivity contribution in [3.05, 3.63) is 105 Å². The van der Waals surface area contributed by atoms with Crippen molar-refractivity contribution in [1.29, 1.82) is 5.26 Å². The minimum atomic E-state index is -0.552. The van der Waals surface area contributed by atoms with Gasteiger partial charge in [-0.2, -0.15) is 5.26 Å². The number of piperidine rings is 1. The summed E-state index contributed by atoms with van der Waals surface area (Å²) in [7, 11) is 0. The summed E-state index contributed by atoms with van der Waals surface area (Å²) >= 11 is 12.7. The molecule has 5 aromatic rings. The van der Waals surface area contributed by atoms with Crippen LogP contribution in [-0.2, 0) is 0 Å². The molecule has 0 unspecified atom stereocenters. The van der Waals surface area contributed by atoms with Gasteiger partial charge in [0.15, 0.2) is 5.78 Å². The maximum atomic E-state index is 13.9. The first-order valence-electron chi connectivity index (χ1n) is 15.7. The summed E-state index contributed by atoms with van der Waals surface area (Å²) in [6.45, 7) is 10.2. The summed E-state index contributed by atoms with van der Waals surface area (Å²) in [5.41, 5.74) is 4.45. The third kappa shape index (κ3) is 6.99. The number of nitriles is 1. The van der Waals surface area contributed by atoms with Crippen LogP contribution in [-0.4, -0.2) is 49.3 Å². The largest absolute Gasteiger partial charge is 0.371 e. The van der Waals surface area contributed by atoms with Gasteiger partial charge in [-0.05, 0) is 82.5 Å². The molecule has 1 atom stereocenters. The smallest absolute Gasteiger partial charge is 0.159 e. The van der Waals surface area contributed by atoms with Gasteiger partial charge in [-0.25, -0.2) is 9.07 Å². The maximum absolute atomic E-state index is 13.9. The zero-order valence-corrected chi connectivity index (χ0v) is 28.6. The first kappa shape index (κ1) is 33.3. The number of likely N-dealkylation sites (tertiary alicyclic amines) is 1. The molecule has 0 amide bonds. The van der Waals surface area contributed by atoms with Crippen LogP contribution in [0, 0.1) is 17.1 Å². The van der Waals surface area contributed by atoms with E-state index in [-0.39, 0.29) is 28.0 Å². The summed E-state index contributed by atoms with van der Waals surface area (Å²) in [6, 6.07) is 17.0. The standard InChI is InChI=1S/C36H35Cl2FN8O/c1-21(48)22-6-5-7-23(14-22)34(32-20-47(45-44-32)27-10-12-46(13-11-27)36(2,3)4)43-31-16-25(37)15-28-33(24(18-40)19-41-35(28)31)42-26-8-9-30(39)29(38)17-26/h5-9,14-17,19-20,27,34,43H,10-13H2,1-4H3,(H,41,42)/t34-/m0/s1. The number of carbonyl (C=O) groups excluding carboxylic acids is 1. The molecule has 3 heterocycles. The maximum Gasteiger partial charge on any atom is 0.159 e. The van der Waals surface area contributed by atoms with E-state index in [9.17, 15) is 14.4 Å². The molecule has 0 saturated carbocycles. The predicted octanol–water partition coefficient (Wildman–Crippen LogP) is 8.73. The molecule has 246 valence electrons. The summed E-state index contributed by atoms with van der Waals surface area (Å²) < 4.78 is 15.8. The fourth-order valence-corrected chi connectivity index (χ4v) is 6.54. The van der Waals surface area contributed by atoms with Crippen LogP contribution in [0.2, 0.25) is 10.0 Å². The van der Waals surface area contributed by atoms with E-state index in [2.05, 4.69) is 57.7 Å². The molecule has 1 aliphatic heterocycles. The number of hydrogen-bond donors (Lipinski definition) is 2. The number of carbonyl (C=O) groups is 1. The monoisotopic (exact) mass is 684 g/mol. The Morgan fingerprint density at radius 2 is 1.88 bits per heavy atom. The number of nitrogens with one attached hydrogen (secondary N) is 2. The molecule has 0 radical (unpaired) electrons. The van der Waals surface area contributed by atoms with Gasteiger partial charge in [-0.1, -0.05) is 46.6 Å². The molecular formula is C36H35Cl2FN8O. The van der Waals surface area contributed by atoms with Gasteiger partial charge in [0.05, 0.1) is 45.8 Å². The van der Waals surface area contributed by atoms with Crippen molar-refractivity contribution in [2.75, 3.05) is 23.7 Å². The molecule has 0 aliphatic carbocycles. The molecule has 1 fully saturated rings. The molecule has 9 nitrogen and oxygen atoms in total. The van der Waals surface area contributed by atoms with E-state index >= 15 is 0 Å². The zero-order chi connectivity index (χ0) is 34.2. The highest BCUT2D eigenvalue weighted by atomic mass is 35.5. The van der Waals surface area contributed by atoms with Gasteiger partial charge >= 0.3 is 0 Å². The lowest BCUT2D eigenvalue weighted by molar-refractivity contribution is 0.0865. The van der Waals surface area contributed by atoms with Crippen LogP contribution in [0.3, 0.4) is 0 Å². The van der Waals surface area contributed by atoms with Crippen LogP contribution in [0.15, 0.2) is 67.0 Å². The van der Waals surface area contributed by atoms with E-state index in [0.717, 1.165) is 31.5 Å². The number of ketones is 1. The lowest BCUT2D eigenvalue weighted by Gasteiger charge is -2.40. The number of hydrogen-bond acceptors (Lipinski definition) is 8. The number of Topliss-reactive ketones (excluding diaryl/α,β-unsaturated/α-hetero) is 1.